The molecule has 0 radical (unpaired) electrons. The van der Waals surface area contributed by atoms with Gasteiger partial charge in [0.25, 0.3) is 0 Å². The summed E-state index contributed by atoms with van der Waals surface area (Å²) < 4.78 is 5.53. The van der Waals surface area contributed by atoms with Gasteiger partial charge in [0.05, 0.1) is 6.61 Å². The Morgan fingerprint density at radius 3 is 1.45 bits per heavy atom. The van der Waals surface area contributed by atoms with Crippen molar-refractivity contribution in [3.63, 3.8) is 0 Å². The van der Waals surface area contributed by atoms with Crippen molar-refractivity contribution in [2.75, 3.05) is 6.61 Å². The molecule has 0 aromatic rings. The molecule has 0 spiro atoms. The summed E-state index contributed by atoms with van der Waals surface area (Å²) in [6.45, 7) is 9.23. The fourth-order valence-electron chi connectivity index (χ4n) is 3.93. The molecule has 0 aliphatic carbocycles. The van der Waals surface area contributed by atoms with Crippen molar-refractivity contribution in [3.05, 3.63) is 11.1 Å². The third kappa shape index (κ3) is 17.8. The number of rotatable bonds is 21. The van der Waals surface area contributed by atoms with Gasteiger partial charge in [0.2, 0.25) is 0 Å². The van der Waals surface area contributed by atoms with Gasteiger partial charge in [0.1, 0.15) is 0 Å². The van der Waals surface area contributed by atoms with E-state index in [1.165, 1.54) is 108 Å². The molecule has 0 unspecified atom stereocenters. The van der Waals surface area contributed by atoms with E-state index < -0.39 is 0 Å². The second-order valence-corrected chi connectivity index (χ2v) is 8.77. The minimum absolute atomic E-state index is 0.0834. The standard InChI is InChI=1S/C27H52O2/c1-5-8-10-12-14-15-16-17-18-20-22-24-29-27(28)25(4)26(7-3)23-21-19-13-11-9-6-2/h5-24H2,1-4H3. The Kier molecular flexibility index (Phi) is 21.3. The van der Waals surface area contributed by atoms with Gasteiger partial charge in [-0.1, -0.05) is 123 Å². The quantitative estimate of drug-likeness (QED) is 0.107. The zero-order valence-corrected chi connectivity index (χ0v) is 20.5. The first-order valence-corrected chi connectivity index (χ1v) is 13.0. The molecule has 0 saturated heterocycles. The van der Waals surface area contributed by atoms with Crippen LogP contribution in [0, 0.1) is 0 Å². The van der Waals surface area contributed by atoms with Crippen molar-refractivity contribution in [1.29, 1.82) is 0 Å². The van der Waals surface area contributed by atoms with E-state index in [0.29, 0.717) is 6.61 Å². The van der Waals surface area contributed by atoms with Crippen molar-refractivity contribution >= 4 is 5.97 Å². The van der Waals surface area contributed by atoms with Crippen LogP contribution in [0.25, 0.3) is 0 Å². The Hall–Kier alpha value is -0.790. The molecular weight excluding hydrogens is 356 g/mol. The summed E-state index contributed by atoms with van der Waals surface area (Å²) in [5.41, 5.74) is 2.16. The number of hydrogen-bond acceptors (Lipinski definition) is 2. The average Bonchev–Trinajstić information content (AvgIpc) is 2.73. The molecule has 0 aliphatic heterocycles. The van der Waals surface area contributed by atoms with Gasteiger partial charge >= 0.3 is 5.97 Å². The van der Waals surface area contributed by atoms with Crippen molar-refractivity contribution in [3.8, 4) is 0 Å². The Morgan fingerprint density at radius 2 is 1.00 bits per heavy atom. The van der Waals surface area contributed by atoms with Crippen LogP contribution >= 0.6 is 0 Å². The van der Waals surface area contributed by atoms with Crippen LogP contribution in [0.1, 0.15) is 150 Å². The number of unbranched alkanes of at least 4 members (excludes halogenated alkanes) is 15. The van der Waals surface area contributed by atoms with E-state index in [2.05, 4.69) is 20.8 Å². The fourth-order valence-corrected chi connectivity index (χ4v) is 3.93. The Morgan fingerprint density at radius 1 is 0.586 bits per heavy atom. The lowest BCUT2D eigenvalue weighted by Crippen LogP contribution is -2.09. The van der Waals surface area contributed by atoms with Gasteiger partial charge in [-0.15, -0.1) is 0 Å². The van der Waals surface area contributed by atoms with Crippen LogP contribution in [0.15, 0.2) is 11.1 Å². The summed E-state index contributed by atoms with van der Waals surface area (Å²) >= 11 is 0. The van der Waals surface area contributed by atoms with E-state index >= 15 is 0 Å². The molecule has 0 bridgehead atoms. The van der Waals surface area contributed by atoms with Crippen molar-refractivity contribution in [1.82, 2.24) is 0 Å². The van der Waals surface area contributed by atoms with E-state index in [9.17, 15) is 4.79 Å². The van der Waals surface area contributed by atoms with Gasteiger partial charge < -0.3 is 4.74 Å². The maximum Gasteiger partial charge on any atom is 0.333 e. The van der Waals surface area contributed by atoms with Gasteiger partial charge in [0, 0.05) is 5.57 Å². The second kappa shape index (κ2) is 21.9. The zero-order valence-electron chi connectivity index (χ0n) is 20.5. The Balaban J connectivity index is 3.72. The predicted molar refractivity (Wildman–Crippen MR) is 128 cm³/mol. The minimum atomic E-state index is -0.0834. The molecule has 0 rings (SSSR count). The van der Waals surface area contributed by atoms with E-state index in [0.717, 1.165) is 24.8 Å². The minimum Gasteiger partial charge on any atom is -0.462 e. The molecule has 29 heavy (non-hydrogen) atoms. The SMILES string of the molecule is CCCCCCCCCCCCCOC(=O)C(C)=C(CC)CCCCCCCC. The lowest BCUT2D eigenvalue weighted by molar-refractivity contribution is -0.139. The summed E-state index contributed by atoms with van der Waals surface area (Å²) in [5.74, 6) is -0.0834. The molecule has 2 heteroatoms. The Bertz CT molecular complexity index is 397. The third-order valence-corrected chi connectivity index (χ3v) is 6.08. The highest BCUT2D eigenvalue weighted by atomic mass is 16.5. The fraction of sp³-hybridized carbons (Fsp3) is 0.889. The molecule has 0 saturated carbocycles. The summed E-state index contributed by atoms with van der Waals surface area (Å²) in [7, 11) is 0. The summed E-state index contributed by atoms with van der Waals surface area (Å²) in [4.78, 5) is 12.3. The molecule has 0 aliphatic rings. The molecule has 0 amide bonds. The molecule has 0 fully saturated rings. The van der Waals surface area contributed by atoms with Gasteiger partial charge in [0.15, 0.2) is 0 Å². The van der Waals surface area contributed by atoms with Crippen LogP contribution in [-0.2, 0) is 9.53 Å². The summed E-state index contributed by atoms with van der Waals surface area (Å²) in [6, 6.07) is 0. The number of hydrogen-bond donors (Lipinski definition) is 0. The highest BCUT2D eigenvalue weighted by Crippen LogP contribution is 2.19. The number of allylic oxidation sites excluding steroid dienone is 1. The predicted octanol–water partition coefficient (Wildman–Crippen LogP) is 9.32. The molecule has 0 aromatic carbocycles. The molecule has 172 valence electrons. The van der Waals surface area contributed by atoms with Crippen LogP contribution in [-0.4, -0.2) is 12.6 Å². The van der Waals surface area contributed by atoms with Crippen molar-refractivity contribution in [2.24, 2.45) is 0 Å². The zero-order chi connectivity index (χ0) is 21.6. The lowest BCUT2D eigenvalue weighted by Gasteiger charge is -2.11. The highest BCUT2D eigenvalue weighted by Gasteiger charge is 2.11. The topological polar surface area (TPSA) is 26.3 Å². The van der Waals surface area contributed by atoms with Gasteiger partial charge in [-0.3, -0.25) is 0 Å². The number of ether oxygens (including phenoxy) is 1. The second-order valence-electron chi connectivity index (χ2n) is 8.77. The number of carbonyl (C=O) groups excluding carboxylic acids is 1. The van der Waals surface area contributed by atoms with Crippen LogP contribution in [0.3, 0.4) is 0 Å². The number of carbonyl (C=O) groups is 1. The van der Waals surface area contributed by atoms with E-state index in [1.807, 2.05) is 6.92 Å². The van der Waals surface area contributed by atoms with Crippen LogP contribution in [0.2, 0.25) is 0 Å². The van der Waals surface area contributed by atoms with Crippen LogP contribution in [0.4, 0.5) is 0 Å². The monoisotopic (exact) mass is 408 g/mol. The average molecular weight is 409 g/mol. The van der Waals surface area contributed by atoms with Crippen LogP contribution in [0.5, 0.6) is 0 Å². The summed E-state index contributed by atoms with van der Waals surface area (Å²) in [5, 5.41) is 0. The van der Waals surface area contributed by atoms with E-state index in [4.69, 9.17) is 4.74 Å². The normalized spacial score (nSPS) is 12.1. The lowest BCUT2D eigenvalue weighted by atomic mass is 9.99. The molecule has 2 nitrogen and oxygen atoms in total. The first-order valence-electron chi connectivity index (χ1n) is 13.0. The molecule has 0 N–H and O–H groups in total. The maximum absolute atomic E-state index is 12.3. The van der Waals surface area contributed by atoms with E-state index in [-0.39, 0.29) is 5.97 Å². The van der Waals surface area contributed by atoms with Gasteiger partial charge in [-0.25, -0.2) is 4.79 Å². The Labute approximate surface area is 183 Å². The molecule has 0 atom stereocenters. The maximum atomic E-state index is 12.3. The van der Waals surface area contributed by atoms with Crippen molar-refractivity contribution < 1.29 is 9.53 Å². The van der Waals surface area contributed by atoms with Crippen LogP contribution < -0.4 is 0 Å². The molecule has 0 heterocycles. The summed E-state index contributed by atoms with van der Waals surface area (Å²) in [6.07, 6.45) is 24.3. The smallest absolute Gasteiger partial charge is 0.333 e. The highest BCUT2D eigenvalue weighted by molar-refractivity contribution is 5.88. The molecule has 0 aromatic heterocycles. The van der Waals surface area contributed by atoms with Gasteiger partial charge in [-0.2, -0.15) is 0 Å². The first kappa shape index (κ1) is 28.2. The first-order chi connectivity index (χ1) is 14.2. The molecular formula is C27H52O2. The third-order valence-electron chi connectivity index (χ3n) is 6.08. The largest absolute Gasteiger partial charge is 0.462 e. The van der Waals surface area contributed by atoms with Gasteiger partial charge in [-0.05, 0) is 32.6 Å². The van der Waals surface area contributed by atoms with Crippen molar-refractivity contribution in [2.45, 2.75) is 150 Å². The number of esters is 1. The van der Waals surface area contributed by atoms with E-state index in [1.54, 1.807) is 0 Å².